The topological polar surface area (TPSA) is 57.6 Å². The minimum Gasteiger partial charge on any atom is -0.456 e. The van der Waals surface area contributed by atoms with Crippen LogP contribution < -0.4 is 5.46 Å². The summed E-state index contributed by atoms with van der Waals surface area (Å²) in [4.78, 5) is 4.28. The number of rotatable bonds is 2. The van der Waals surface area contributed by atoms with E-state index in [0.717, 1.165) is 0 Å². The van der Waals surface area contributed by atoms with Crippen LogP contribution in [0.25, 0.3) is 55.3 Å². The van der Waals surface area contributed by atoms with Crippen LogP contribution >= 0.6 is 0 Å². The van der Waals surface area contributed by atoms with Gasteiger partial charge in [-0.25, -0.2) is 4.98 Å². The highest BCUT2D eigenvalue weighted by atomic mass is 16.7. The molecular weight excluding hydrogens is 437 g/mol. The Morgan fingerprint density at radius 3 is 2.23 bits per heavy atom. The summed E-state index contributed by atoms with van der Waals surface area (Å²) in [5.41, 5.74) is -3.09. The lowest BCUT2D eigenvalue weighted by Crippen LogP contribution is -2.41. The van der Waals surface area contributed by atoms with E-state index in [0.29, 0.717) is 0 Å². The van der Waals surface area contributed by atoms with E-state index in [2.05, 4.69) is 4.98 Å². The van der Waals surface area contributed by atoms with Crippen LogP contribution in [0.2, 0.25) is 0 Å². The maximum Gasteiger partial charge on any atom is 0.494 e. The van der Waals surface area contributed by atoms with Gasteiger partial charge in [0.25, 0.3) is 0 Å². The van der Waals surface area contributed by atoms with Crippen LogP contribution in [0.5, 0.6) is 0 Å². The average Bonchev–Trinajstić information content (AvgIpc) is 3.66. The summed E-state index contributed by atoms with van der Waals surface area (Å²) in [7, 11) is -1.24. The van der Waals surface area contributed by atoms with Gasteiger partial charge >= 0.3 is 7.12 Å². The van der Waals surface area contributed by atoms with Crippen LogP contribution in [-0.2, 0) is 9.31 Å². The smallest absolute Gasteiger partial charge is 0.456 e. The Balaban J connectivity index is 1.67. The number of fused-ring (bicyclic) bond motifs is 7. The maximum absolute atomic E-state index is 9.34. The molecule has 5 nitrogen and oxygen atoms in total. The summed E-state index contributed by atoms with van der Waals surface area (Å²) in [6.07, 6.45) is 0. The Kier molecular flexibility index (Phi) is 2.37. The van der Waals surface area contributed by atoms with Crippen molar-refractivity contribution in [1.29, 1.82) is 0 Å². The number of aromatic nitrogens is 1. The zero-order valence-corrected chi connectivity index (χ0v) is 19.2. The summed E-state index contributed by atoms with van der Waals surface area (Å²) in [6, 6.07) is -6.29. The largest absolute Gasteiger partial charge is 0.494 e. The summed E-state index contributed by atoms with van der Waals surface area (Å²) in [6.45, 7) is 7.17. The molecule has 3 heterocycles. The highest BCUT2D eigenvalue weighted by molar-refractivity contribution is 6.62. The van der Waals surface area contributed by atoms with Gasteiger partial charge in [0, 0.05) is 10.9 Å². The van der Waals surface area contributed by atoms with Gasteiger partial charge in [0.1, 0.15) is 16.7 Å². The van der Waals surface area contributed by atoms with E-state index in [1.165, 1.54) is 0 Å². The molecule has 0 bridgehead atoms. The van der Waals surface area contributed by atoms with Crippen LogP contribution in [-0.4, -0.2) is 23.3 Å². The van der Waals surface area contributed by atoms with E-state index in [4.69, 9.17) is 33.2 Å². The fraction of sp³-hybridized carbons (Fsp3) is 0.207. The number of benzene rings is 4. The predicted octanol–water partition coefficient (Wildman–Crippen LogP) is 6.85. The Labute approximate surface area is 219 Å². The molecule has 1 aliphatic rings. The van der Waals surface area contributed by atoms with E-state index >= 15 is 0 Å². The monoisotopic (exact) mass is 473 g/mol. The first kappa shape index (κ1) is 11.9. The molecule has 7 rings (SSSR count). The van der Waals surface area contributed by atoms with Crippen molar-refractivity contribution in [3.63, 3.8) is 0 Å². The zero-order valence-electron chi connectivity index (χ0n) is 31.2. The molecule has 172 valence electrons. The van der Waals surface area contributed by atoms with Gasteiger partial charge < -0.3 is 18.1 Å². The van der Waals surface area contributed by atoms with E-state index < -0.39 is 90.7 Å². The van der Waals surface area contributed by atoms with Gasteiger partial charge in [0.05, 0.1) is 33.0 Å². The molecule has 0 saturated carbocycles. The molecule has 1 aliphatic heterocycles. The van der Waals surface area contributed by atoms with Crippen molar-refractivity contribution in [2.24, 2.45) is 0 Å². The second-order valence-electron chi connectivity index (χ2n) is 9.33. The minimum atomic E-state index is -1.24. The molecular formula is C29H24BNO4. The third-order valence-electron chi connectivity index (χ3n) is 6.64. The third-order valence-corrected chi connectivity index (χ3v) is 6.64. The minimum absolute atomic E-state index is 0.0190. The highest BCUT2D eigenvalue weighted by Gasteiger charge is 2.51. The van der Waals surface area contributed by atoms with Crippen molar-refractivity contribution >= 4 is 56.4 Å². The van der Waals surface area contributed by atoms with Crippen molar-refractivity contribution in [1.82, 2.24) is 4.98 Å². The lowest BCUT2D eigenvalue weighted by molar-refractivity contribution is 0.00578. The molecule has 1 saturated heterocycles. The molecule has 6 aromatic rings. The average molecular weight is 473 g/mol. The van der Waals surface area contributed by atoms with Gasteiger partial charge in [-0.05, 0) is 74.1 Å². The van der Waals surface area contributed by atoms with Gasteiger partial charge in [0.15, 0.2) is 5.58 Å². The van der Waals surface area contributed by atoms with Crippen LogP contribution in [0, 0.1) is 0 Å². The molecule has 1 fully saturated rings. The van der Waals surface area contributed by atoms with Crippen molar-refractivity contribution < 1.29 is 34.6 Å². The molecule has 0 atom stereocenters. The summed E-state index contributed by atoms with van der Waals surface area (Å²) >= 11 is 0. The van der Waals surface area contributed by atoms with Crippen molar-refractivity contribution in [3.05, 3.63) is 72.5 Å². The normalized spacial score (nSPS) is 22.1. The van der Waals surface area contributed by atoms with Gasteiger partial charge in [0.2, 0.25) is 5.89 Å². The summed E-state index contributed by atoms with van der Waals surface area (Å²) in [5.74, 6) is -0.433. The van der Waals surface area contributed by atoms with Crippen molar-refractivity contribution in [3.8, 4) is 11.5 Å². The first-order valence-electron chi connectivity index (χ1n) is 16.9. The van der Waals surface area contributed by atoms with Gasteiger partial charge in [-0.2, -0.15) is 0 Å². The van der Waals surface area contributed by atoms with E-state index in [9.17, 15) is 1.37 Å². The molecule has 4 aromatic carbocycles. The van der Waals surface area contributed by atoms with Crippen LogP contribution in [0.3, 0.4) is 0 Å². The molecule has 0 amide bonds. The quantitative estimate of drug-likeness (QED) is 0.258. The van der Waals surface area contributed by atoms with Crippen LogP contribution in [0.4, 0.5) is 0 Å². The van der Waals surface area contributed by atoms with Gasteiger partial charge in [-0.1, -0.05) is 42.3 Å². The maximum atomic E-state index is 9.34. The molecule has 0 spiro atoms. The predicted molar refractivity (Wildman–Crippen MR) is 140 cm³/mol. The Bertz CT molecular complexity index is 2370. The zero-order chi connectivity index (χ0) is 34.4. The highest BCUT2D eigenvalue weighted by Crippen LogP contribution is 2.41. The van der Waals surface area contributed by atoms with Crippen LogP contribution in [0.1, 0.15) is 44.1 Å². The van der Waals surface area contributed by atoms with Crippen molar-refractivity contribution in [2.45, 2.75) is 38.9 Å². The first-order chi connectivity index (χ1) is 21.8. The second kappa shape index (κ2) is 6.97. The fourth-order valence-electron chi connectivity index (χ4n) is 4.12. The first-order valence-corrected chi connectivity index (χ1v) is 10.9. The SMILES string of the molecule is [2H]c1c([2H])c([2H])c(-c2nc3c([2H])c([2H])c4oc5c([2H])c([2H])c6c([2H])c([2H])c(B7OC(C)(C)C(C)(C)O7)c([2H])c6c5c4c3o2)c([2H])c1[2H]. The fourth-order valence-corrected chi connectivity index (χ4v) is 4.12. The number of oxazole rings is 1. The second-order valence-corrected chi connectivity index (χ2v) is 9.33. The lowest BCUT2D eigenvalue weighted by Gasteiger charge is -2.32. The molecule has 35 heavy (non-hydrogen) atoms. The third kappa shape index (κ3) is 3.00. The molecule has 0 aliphatic carbocycles. The van der Waals surface area contributed by atoms with Crippen molar-refractivity contribution in [2.75, 3.05) is 0 Å². The van der Waals surface area contributed by atoms with Gasteiger partial charge in [-0.3, -0.25) is 0 Å². The standard InChI is InChI=1S/C29H24BNO4/c1-28(2)29(3,4)35-30(34-28)19-12-10-17-11-14-22-24(20(17)16-19)25-23(32-22)15-13-21-26(25)33-27(31-21)18-8-6-5-7-9-18/h5-16H,1-4H3/i5D,6D,7D,8D,9D,10D,11D,12D,13D,14D,15D,16D. The Hall–Kier alpha value is -3.61. The molecule has 0 unspecified atom stereocenters. The molecule has 2 aromatic heterocycles. The number of hydrogen-bond acceptors (Lipinski definition) is 5. The Morgan fingerprint density at radius 2 is 1.46 bits per heavy atom. The van der Waals surface area contributed by atoms with Gasteiger partial charge in [-0.15, -0.1) is 0 Å². The molecule has 0 N–H and O–H groups in total. The van der Waals surface area contributed by atoms with E-state index in [1.807, 2.05) is 0 Å². The van der Waals surface area contributed by atoms with E-state index in [-0.39, 0.29) is 60.9 Å². The van der Waals surface area contributed by atoms with E-state index in [1.54, 1.807) is 27.7 Å². The van der Waals surface area contributed by atoms with Crippen LogP contribution in [0.15, 0.2) is 81.3 Å². The molecule has 6 heteroatoms. The number of furan rings is 1. The Morgan fingerprint density at radius 1 is 0.771 bits per heavy atom. The molecule has 0 radical (unpaired) electrons. The number of hydrogen-bond donors (Lipinski definition) is 0. The lowest BCUT2D eigenvalue weighted by atomic mass is 9.78. The number of nitrogens with zero attached hydrogens (tertiary/aromatic N) is 1. The summed E-state index contributed by atoms with van der Waals surface area (Å²) < 4.78 is 127. The summed E-state index contributed by atoms with van der Waals surface area (Å²) in [5, 5.41) is -0.342.